The Kier molecular flexibility index (Phi) is 5.38. The molecule has 0 saturated heterocycles. The van der Waals surface area contributed by atoms with Gasteiger partial charge in [-0.1, -0.05) is 11.2 Å². The first-order valence-electron chi connectivity index (χ1n) is 6.77. The number of halogens is 1. The zero-order chi connectivity index (χ0) is 17.0. The number of ether oxygens (including phenoxy) is 2. The van der Waals surface area contributed by atoms with E-state index >= 15 is 0 Å². The van der Waals surface area contributed by atoms with E-state index < -0.39 is 4.92 Å². The van der Waals surface area contributed by atoms with Gasteiger partial charge in [-0.05, 0) is 53.5 Å². The van der Waals surface area contributed by atoms with Gasteiger partial charge in [0.05, 0.1) is 23.1 Å². The fourth-order valence-corrected chi connectivity index (χ4v) is 2.58. The molecule has 0 radical (unpaired) electrons. The molecule has 2 rings (SSSR count). The molecule has 23 heavy (non-hydrogen) atoms. The van der Waals surface area contributed by atoms with E-state index in [1.165, 1.54) is 13.0 Å². The molecule has 0 aliphatic heterocycles. The van der Waals surface area contributed by atoms with Crippen LogP contribution < -0.4 is 9.47 Å². The van der Waals surface area contributed by atoms with Gasteiger partial charge in [0.1, 0.15) is 0 Å². The van der Waals surface area contributed by atoms with Crippen LogP contribution in [0, 0.1) is 17.0 Å². The van der Waals surface area contributed by atoms with Crippen molar-refractivity contribution in [3.63, 3.8) is 0 Å². The van der Waals surface area contributed by atoms with Gasteiger partial charge >= 0.3 is 5.69 Å². The summed E-state index contributed by atoms with van der Waals surface area (Å²) in [5.74, 6) is 1.26. The van der Waals surface area contributed by atoms with Crippen LogP contribution in [0.5, 0.6) is 11.5 Å². The summed E-state index contributed by atoms with van der Waals surface area (Å²) in [6.07, 6.45) is 3.18. The lowest BCUT2D eigenvalue weighted by atomic mass is 10.1. The molecule has 0 spiro atoms. The maximum atomic E-state index is 11.0. The molecule has 1 aromatic carbocycles. The molecule has 8 heteroatoms. The van der Waals surface area contributed by atoms with E-state index in [4.69, 9.17) is 14.0 Å². The van der Waals surface area contributed by atoms with Crippen molar-refractivity contribution in [1.82, 2.24) is 5.16 Å². The second kappa shape index (κ2) is 7.28. The zero-order valence-electron chi connectivity index (χ0n) is 12.8. The van der Waals surface area contributed by atoms with Crippen LogP contribution in [-0.2, 0) is 0 Å². The summed E-state index contributed by atoms with van der Waals surface area (Å²) in [4.78, 5) is 10.5. The summed E-state index contributed by atoms with van der Waals surface area (Å²) in [6.45, 7) is 3.91. The minimum atomic E-state index is -0.514. The Morgan fingerprint density at radius 1 is 1.43 bits per heavy atom. The molecule has 2 aromatic rings. The van der Waals surface area contributed by atoms with Crippen molar-refractivity contribution in [3.05, 3.63) is 43.7 Å². The van der Waals surface area contributed by atoms with Crippen LogP contribution in [0.15, 0.2) is 21.1 Å². The highest BCUT2D eigenvalue weighted by molar-refractivity contribution is 9.10. The molecule has 0 N–H and O–H groups in total. The third kappa shape index (κ3) is 3.70. The predicted molar refractivity (Wildman–Crippen MR) is 88.7 cm³/mol. The highest BCUT2D eigenvalue weighted by atomic mass is 79.9. The van der Waals surface area contributed by atoms with Crippen molar-refractivity contribution in [1.29, 1.82) is 0 Å². The van der Waals surface area contributed by atoms with Crippen molar-refractivity contribution >= 4 is 33.8 Å². The van der Waals surface area contributed by atoms with Crippen molar-refractivity contribution in [2.75, 3.05) is 13.7 Å². The van der Waals surface area contributed by atoms with Crippen LogP contribution in [0.3, 0.4) is 0 Å². The maximum absolute atomic E-state index is 11.0. The number of methoxy groups -OCH3 is 1. The average molecular weight is 383 g/mol. The summed E-state index contributed by atoms with van der Waals surface area (Å²) in [7, 11) is 1.54. The van der Waals surface area contributed by atoms with E-state index in [0.717, 1.165) is 10.0 Å². The summed E-state index contributed by atoms with van der Waals surface area (Å²) in [5.41, 5.74) is 0.860. The predicted octanol–water partition coefficient (Wildman–Crippen LogP) is 4.23. The molecule has 0 aliphatic carbocycles. The molecule has 0 bridgehead atoms. The molecular formula is C15H15BrN2O5. The van der Waals surface area contributed by atoms with E-state index in [0.29, 0.717) is 18.1 Å². The van der Waals surface area contributed by atoms with Crippen molar-refractivity contribution in [2.24, 2.45) is 0 Å². The summed E-state index contributed by atoms with van der Waals surface area (Å²) < 4.78 is 16.5. The van der Waals surface area contributed by atoms with Crippen molar-refractivity contribution in [2.45, 2.75) is 13.8 Å². The van der Waals surface area contributed by atoms with Crippen molar-refractivity contribution < 1.29 is 18.9 Å². The topological polar surface area (TPSA) is 87.6 Å². The van der Waals surface area contributed by atoms with Gasteiger partial charge < -0.3 is 14.0 Å². The maximum Gasteiger partial charge on any atom is 0.338 e. The second-order valence-corrected chi connectivity index (χ2v) is 5.39. The van der Waals surface area contributed by atoms with Crippen LogP contribution >= 0.6 is 15.9 Å². The number of hydrogen-bond acceptors (Lipinski definition) is 6. The summed E-state index contributed by atoms with van der Waals surface area (Å²) in [5, 5.41) is 14.6. The molecule has 0 aliphatic rings. The lowest BCUT2D eigenvalue weighted by molar-refractivity contribution is -0.386. The fraction of sp³-hybridized carbons (Fsp3) is 0.267. The molecule has 1 heterocycles. The largest absolute Gasteiger partial charge is 0.493 e. The molecule has 0 amide bonds. The Morgan fingerprint density at radius 2 is 2.17 bits per heavy atom. The normalized spacial score (nSPS) is 11.0. The molecule has 0 atom stereocenters. The van der Waals surface area contributed by atoms with Gasteiger partial charge in [-0.15, -0.1) is 0 Å². The summed E-state index contributed by atoms with van der Waals surface area (Å²) in [6, 6.07) is 3.58. The Balaban J connectivity index is 2.37. The van der Waals surface area contributed by atoms with Gasteiger partial charge in [0.25, 0.3) is 0 Å². The smallest absolute Gasteiger partial charge is 0.338 e. The number of rotatable bonds is 6. The van der Waals surface area contributed by atoms with E-state index in [-0.39, 0.29) is 17.1 Å². The first-order valence-corrected chi connectivity index (χ1v) is 7.56. The van der Waals surface area contributed by atoms with Crippen LogP contribution in [0.1, 0.15) is 23.9 Å². The number of nitrogens with zero attached hydrogens (tertiary/aromatic N) is 2. The minimum absolute atomic E-state index is 0.0940. The van der Waals surface area contributed by atoms with Gasteiger partial charge in [-0.2, -0.15) is 0 Å². The first-order chi connectivity index (χ1) is 11.0. The Hall–Kier alpha value is -2.35. The Bertz CT molecular complexity index is 755. The van der Waals surface area contributed by atoms with Crippen LogP contribution in [0.25, 0.3) is 12.2 Å². The number of benzene rings is 1. The molecule has 1 aromatic heterocycles. The Morgan fingerprint density at radius 3 is 2.78 bits per heavy atom. The monoisotopic (exact) mass is 382 g/mol. The van der Waals surface area contributed by atoms with E-state index in [9.17, 15) is 10.1 Å². The van der Waals surface area contributed by atoms with E-state index in [1.807, 2.05) is 13.0 Å². The quantitative estimate of drug-likeness (QED) is 0.548. The third-order valence-electron chi connectivity index (χ3n) is 3.01. The summed E-state index contributed by atoms with van der Waals surface area (Å²) >= 11 is 3.42. The van der Waals surface area contributed by atoms with E-state index in [1.54, 1.807) is 19.3 Å². The van der Waals surface area contributed by atoms with Gasteiger partial charge in [0.2, 0.25) is 5.76 Å². The lowest BCUT2D eigenvalue weighted by Gasteiger charge is -2.12. The molecule has 0 fully saturated rings. The average Bonchev–Trinajstić information content (AvgIpc) is 2.88. The molecule has 0 unspecified atom stereocenters. The number of aryl methyl sites for hydroxylation is 1. The molecular weight excluding hydrogens is 368 g/mol. The molecule has 122 valence electrons. The van der Waals surface area contributed by atoms with E-state index in [2.05, 4.69) is 21.1 Å². The highest BCUT2D eigenvalue weighted by Gasteiger charge is 2.22. The number of aromatic nitrogens is 1. The molecule has 0 saturated carbocycles. The van der Waals surface area contributed by atoms with Crippen LogP contribution in [0.2, 0.25) is 0 Å². The van der Waals surface area contributed by atoms with Crippen LogP contribution in [-0.4, -0.2) is 23.8 Å². The van der Waals surface area contributed by atoms with Gasteiger partial charge in [-0.25, -0.2) is 0 Å². The van der Waals surface area contributed by atoms with Gasteiger partial charge in [0.15, 0.2) is 17.2 Å². The lowest BCUT2D eigenvalue weighted by Crippen LogP contribution is -1.96. The molecule has 7 nitrogen and oxygen atoms in total. The van der Waals surface area contributed by atoms with Gasteiger partial charge in [-0.3, -0.25) is 10.1 Å². The fourth-order valence-electron chi connectivity index (χ4n) is 2.01. The Labute approximate surface area is 141 Å². The first kappa shape index (κ1) is 17.0. The third-order valence-corrected chi connectivity index (χ3v) is 3.60. The number of hydrogen-bond donors (Lipinski definition) is 0. The van der Waals surface area contributed by atoms with Crippen LogP contribution in [0.4, 0.5) is 5.69 Å². The van der Waals surface area contributed by atoms with Crippen molar-refractivity contribution in [3.8, 4) is 11.5 Å². The second-order valence-electron chi connectivity index (χ2n) is 4.54. The number of nitro groups is 1. The zero-order valence-corrected chi connectivity index (χ0v) is 14.4. The highest BCUT2D eigenvalue weighted by Crippen LogP contribution is 2.37. The standard InChI is InChI=1S/C15H15BrN2O5/c1-4-22-15-11(16)7-10(8-13(15)21-3)5-6-12-14(18(19)20)9(2)17-23-12/h5-8H,4H2,1-3H3/b6-5-. The SMILES string of the molecule is CCOc1c(Br)cc(/C=C\c2onc(C)c2[N+](=O)[O-])cc1OC. The van der Waals surface area contributed by atoms with Gasteiger partial charge in [0, 0.05) is 0 Å². The minimum Gasteiger partial charge on any atom is -0.493 e.